The molecule has 0 saturated carbocycles. The van der Waals surface area contributed by atoms with Crippen LogP contribution in [0.25, 0.3) is 0 Å². The molecule has 0 spiro atoms. The van der Waals surface area contributed by atoms with Crippen molar-refractivity contribution in [1.82, 2.24) is 4.90 Å². The second kappa shape index (κ2) is 11.1. The number of nitrogens with two attached hydrogens (primary N) is 1. The van der Waals surface area contributed by atoms with Crippen LogP contribution in [-0.4, -0.2) is 59.5 Å². The fraction of sp³-hybridized carbons (Fsp3) is 0.462. The lowest BCUT2D eigenvalue weighted by Gasteiger charge is -2.17. The highest BCUT2D eigenvalue weighted by atomic mass is 16.5. The van der Waals surface area contributed by atoms with Gasteiger partial charge in [-0.2, -0.15) is 0 Å². The summed E-state index contributed by atoms with van der Waals surface area (Å²) in [5.41, 5.74) is 6.73. The van der Waals surface area contributed by atoms with Gasteiger partial charge < -0.3 is 30.4 Å². The van der Waals surface area contributed by atoms with Gasteiger partial charge in [0.15, 0.2) is 0 Å². The first-order valence-corrected chi connectivity index (χ1v) is 6.69. The summed E-state index contributed by atoms with van der Waals surface area (Å²) in [7, 11) is -2.17. The average Bonchev–Trinajstić information content (AvgIpc) is 2.43. The molecule has 1 aromatic carbocycles. The van der Waals surface area contributed by atoms with Crippen LogP contribution in [0.3, 0.4) is 0 Å². The van der Waals surface area contributed by atoms with Gasteiger partial charge in [-0.3, -0.25) is 0 Å². The fourth-order valence-corrected chi connectivity index (χ4v) is 1.51. The third kappa shape index (κ3) is 9.86. The zero-order chi connectivity index (χ0) is 16.3. The zero-order valence-corrected chi connectivity index (χ0v) is 12.4. The number of ether oxygens (including phenoxy) is 1. The Morgan fingerprint density at radius 3 is 2.10 bits per heavy atom. The largest absolute Gasteiger partial charge is 0.631 e. The number of esters is 1. The van der Waals surface area contributed by atoms with Crippen LogP contribution in [0.1, 0.15) is 24.2 Å². The summed E-state index contributed by atoms with van der Waals surface area (Å²) >= 11 is 0. The predicted molar refractivity (Wildman–Crippen MR) is 81.3 cm³/mol. The minimum Gasteiger partial charge on any atom is -0.461 e. The molecule has 5 N–H and O–H groups in total. The fourth-order valence-electron chi connectivity index (χ4n) is 1.51. The number of likely N-dealkylation sites (N-methyl/N-ethyl adjacent to an activating group) is 1. The number of hydrogen-bond acceptors (Lipinski definition) is 7. The molecule has 0 aliphatic heterocycles. The lowest BCUT2D eigenvalue weighted by atomic mass is 10.2. The Morgan fingerprint density at radius 2 is 1.67 bits per heavy atom. The van der Waals surface area contributed by atoms with Crippen LogP contribution in [-0.2, 0) is 4.74 Å². The van der Waals surface area contributed by atoms with Crippen LogP contribution in [0.2, 0.25) is 0 Å². The number of carbonyl (C=O) groups is 1. The van der Waals surface area contributed by atoms with E-state index in [-0.39, 0.29) is 5.97 Å². The summed E-state index contributed by atoms with van der Waals surface area (Å²) in [5, 5.41) is 21.5. The molecule has 0 bridgehead atoms. The van der Waals surface area contributed by atoms with Gasteiger partial charge in [0.05, 0.1) is 5.56 Å². The molecular weight excluding hydrogens is 275 g/mol. The van der Waals surface area contributed by atoms with Crippen molar-refractivity contribution in [3.63, 3.8) is 0 Å². The first-order valence-electron chi connectivity index (χ1n) is 6.69. The van der Waals surface area contributed by atoms with Crippen LogP contribution in [0, 0.1) is 0 Å². The highest BCUT2D eigenvalue weighted by Gasteiger charge is 2.07. The minimum absolute atomic E-state index is 0.294. The smallest absolute Gasteiger partial charge is 0.461 e. The average molecular weight is 298 g/mol. The molecule has 0 aliphatic rings. The number of benzene rings is 1. The molecule has 0 saturated heterocycles. The second-order valence-electron chi connectivity index (χ2n) is 4.13. The maximum absolute atomic E-state index is 11.6. The summed E-state index contributed by atoms with van der Waals surface area (Å²) < 4.78 is 5.18. The summed E-state index contributed by atoms with van der Waals surface area (Å²) in [4.78, 5) is 13.8. The standard InChI is InChI=1S/C13H20N2O2.BH3O3/c1-3-15(4-2)9-10-17-13(16)11-5-7-12(14)8-6-11;2-1(3)4/h5-8H,3-4,9-10,14H2,1-2H3;2-4H. The van der Waals surface area contributed by atoms with Crippen LogP contribution in [0.15, 0.2) is 24.3 Å². The SMILES string of the molecule is CCN(CC)CCOC(=O)c1ccc(N)cc1.OB(O)O. The Balaban J connectivity index is 0.000000885. The predicted octanol–water partition coefficient (Wildman–Crippen LogP) is -0.284. The highest BCUT2D eigenvalue weighted by molar-refractivity contribution is 6.30. The molecule has 1 rings (SSSR count). The van der Waals surface area contributed by atoms with E-state index in [0.717, 1.165) is 19.6 Å². The number of nitrogens with zero attached hydrogens (tertiary/aromatic N) is 1. The topological polar surface area (TPSA) is 116 Å². The Morgan fingerprint density at radius 1 is 1.19 bits per heavy atom. The molecule has 21 heavy (non-hydrogen) atoms. The van der Waals surface area contributed by atoms with Gasteiger partial charge in [-0.05, 0) is 37.4 Å². The Labute approximate surface area is 125 Å². The van der Waals surface area contributed by atoms with Crippen molar-refractivity contribution in [3.05, 3.63) is 29.8 Å². The van der Waals surface area contributed by atoms with Gasteiger partial charge in [0, 0.05) is 12.2 Å². The molecule has 118 valence electrons. The molecule has 7 nitrogen and oxygen atoms in total. The molecule has 0 amide bonds. The molecule has 0 aliphatic carbocycles. The van der Waals surface area contributed by atoms with Crippen LogP contribution in [0.5, 0.6) is 0 Å². The zero-order valence-electron chi connectivity index (χ0n) is 12.4. The van der Waals surface area contributed by atoms with Crippen molar-refractivity contribution < 1.29 is 24.6 Å². The molecule has 0 radical (unpaired) electrons. The van der Waals surface area contributed by atoms with Gasteiger partial charge >= 0.3 is 13.3 Å². The summed E-state index contributed by atoms with van der Waals surface area (Å²) in [5.74, 6) is -0.294. The third-order valence-corrected chi connectivity index (χ3v) is 2.68. The first-order chi connectivity index (χ1) is 9.90. The normalized spacial score (nSPS) is 9.81. The molecule has 0 atom stereocenters. The van der Waals surface area contributed by atoms with E-state index >= 15 is 0 Å². The van der Waals surface area contributed by atoms with Gasteiger partial charge in [0.1, 0.15) is 6.61 Å². The summed E-state index contributed by atoms with van der Waals surface area (Å²) in [6.07, 6.45) is 0. The molecule has 0 unspecified atom stereocenters. The summed E-state index contributed by atoms with van der Waals surface area (Å²) in [6.45, 7) is 7.31. The maximum atomic E-state index is 11.6. The van der Waals surface area contributed by atoms with Crippen molar-refractivity contribution in [2.75, 3.05) is 32.0 Å². The number of hydrogen-bond donors (Lipinski definition) is 4. The van der Waals surface area contributed by atoms with E-state index in [1.54, 1.807) is 24.3 Å². The van der Waals surface area contributed by atoms with Crippen LogP contribution in [0.4, 0.5) is 5.69 Å². The molecular formula is C13H23BN2O5. The number of nitrogen functional groups attached to an aromatic ring is 1. The molecule has 8 heteroatoms. The number of carbonyl (C=O) groups excluding carboxylic acids is 1. The van der Waals surface area contributed by atoms with E-state index in [4.69, 9.17) is 25.5 Å². The van der Waals surface area contributed by atoms with Crippen LogP contribution < -0.4 is 5.73 Å². The van der Waals surface area contributed by atoms with Crippen molar-refractivity contribution in [3.8, 4) is 0 Å². The van der Waals surface area contributed by atoms with E-state index in [0.29, 0.717) is 17.9 Å². The monoisotopic (exact) mass is 298 g/mol. The highest BCUT2D eigenvalue weighted by Crippen LogP contribution is 2.06. The van der Waals surface area contributed by atoms with E-state index in [1.165, 1.54) is 0 Å². The van der Waals surface area contributed by atoms with E-state index in [1.807, 2.05) is 0 Å². The Bertz CT molecular complexity index is 393. The van der Waals surface area contributed by atoms with E-state index < -0.39 is 7.32 Å². The van der Waals surface area contributed by atoms with Gasteiger partial charge in [0.2, 0.25) is 0 Å². The lowest BCUT2D eigenvalue weighted by molar-refractivity contribution is 0.0466. The number of anilines is 1. The summed E-state index contributed by atoms with van der Waals surface area (Å²) in [6, 6.07) is 6.74. The van der Waals surface area contributed by atoms with Gasteiger partial charge in [-0.15, -0.1) is 0 Å². The quantitative estimate of drug-likeness (QED) is 0.324. The second-order valence-corrected chi connectivity index (χ2v) is 4.13. The van der Waals surface area contributed by atoms with E-state index in [2.05, 4.69) is 18.7 Å². The third-order valence-electron chi connectivity index (χ3n) is 2.68. The van der Waals surface area contributed by atoms with Crippen LogP contribution >= 0.6 is 0 Å². The van der Waals surface area contributed by atoms with Gasteiger partial charge in [0.25, 0.3) is 0 Å². The Hall–Kier alpha value is -1.61. The number of rotatable bonds is 6. The maximum Gasteiger partial charge on any atom is 0.631 e. The van der Waals surface area contributed by atoms with Crippen molar-refractivity contribution >= 4 is 19.0 Å². The van der Waals surface area contributed by atoms with Gasteiger partial charge in [-0.25, -0.2) is 4.79 Å². The minimum atomic E-state index is -2.17. The molecule has 1 aromatic rings. The van der Waals surface area contributed by atoms with Crippen molar-refractivity contribution in [2.24, 2.45) is 0 Å². The molecule has 0 aromatic heterocycles. The molecule has 0 fully saturated rings. The van der Waals surface area contributed by atoms with E-state index in [9.17, 15) is 4.79 Å². The van der Waals surface area contributed by atoms with Crippen molar-refractivity contribution in [2.45, 2.75) is 13.8 Å². The molecule has 0 heterocycles. The lowest BCUT2D eigenvalue weighted by Crippen LogP contribution is -2.27. The van der Waals surface area contributed by atoms with Crippen molar-refractivity contribution in [1.29, 1.82) is 0 Å². The Kier molecular flexibility index (Phi) is 10.2. The first kappa shape index (κ1) is 19.4. The van der Waals surface area contributed by atoms with Gasteiger partial charge in [-0.1, -0.05) is 13.8 Å².